The topological polar surface area (TPSA) is 34.0 Å². The van der Waals surface area contributed by atoms with Gasteiger partial charge in [-0.05, 0) is 52.4 Å². The molecule has 3 nitrogen and oxygen atoms in total. The summed E-state index contributed by atoms with van der Waals surface area (Å²) >= 11 is 5.10. The van der Waals surface area contributed by atoms with Gasteiger partial charge in [-0.1, -0.05) is 6.92 Å². The predicted molar refractivity (Wildman–Crippen MR) is 82.6 cm³/mol. The van der Waals surface area contributed by atoms with Crippen LogP contribution in [-0.4, -0.2) is 10.5 Å². The van der Waals surface area contributed by atoms with Gasteiger partial charge < -0.3 is 9.88 Å². The molecular formula is C14H17BrN2OS. The minimum absolute atomic E-state index is 0.0213. The maximum absolute atomic E-state index is 12.2. The molecule has 0 aliphatic heterocycles. The summed E-state index contributed by atoms with van der Waals surface area (Å²) in [5, 5.41) is 5.03. The number of aryl methyl sites for hydroxylation is 2. The summed E-state index contributed by atoms with van der Waals surface area (Å²) in [7, 11) is 0. The average Bonchev–Trinajstić information content (AvgIpc) is 2.93. The van der Waals surface area contributed by atoms with Gasteiger partial charge in [-0.25, -0.2) is 0 Å². The highest BCUT2D eigenvalue weighted by Gasteiger charge is 2.13. The smallest absolute Gasteiger partial charge is 0.268 e. The third-order valence-corrected chi connectivity index (χ3v) is 4.39. The molecule has 0 aliphatic carbocycles. The molecule has 0 bridgehead atoms. The van der Waals surface area contributed by atoms with Crippen molar-refractivity contribution in [3.8, 4) is 0 Å². The van der Waals surface area contributed by atoms with E-state index in [0.717, 1.165) is 17.4 Å². The van der Waals surface area contributed by atoms with Gasteiger partial charge in [-0.2, -0.15) is 0 Å². The molecule has 0 aromatic carbocycles. The molecule has 0 unspecified atom stereocenters. The summed E-state index contributed by atoms with van der Waals surface area (Å²) < 4.78 is 2.93. The van der Waals surface area contributed by atoms with Gasteiger partial charge in [0.25, 0.3) is 5.91 Å². The monoisotopic (exact) mass is 340 g/mol. The number of thiophene rings is 1. The normalized spacial score (nSPS) is 10.7. The molecule has 19 heavy (non-hydrogen) atoms. The van der Waals surface area contributed by atoms with Crippen LogP contribution in [0.3, 0.4) is 0 Å². The van der Waals surface area contributed by atoms with Crippen LogP contribution in [0.5, 0.6) is 0 Å². The number of hydrogen-bond donors (Lipinski definition) is 1. The molecule has 2 aromatic heterocycles. The van der Waals surface area contributed by atoms with E-state index in [9.17, 15) is 4.79 Å². The minimum atomic E-state index is -0.0213. The number of hydrogen-bond acceptors (Lipinski definition) is 2. The van der Waals surface area contributed by atoms with Gasteiger partial charge in [0, 0.05) is 22.1 Å². The summed E-state index contributed by atoms with van der Waals surface area (Å²) in [6.45, 7) is 5.61. The standard InChI is InChI=1S/C14H17BrN2OS/c1-3-5-17-9-11(15)7-12(17)14(18)16-8-13-10(2)4-6-19-13/h4,6-7,9H,3,5,8H2,1-2H3,(H,16,18). The van der Waals surface area contributed by atoms with E-state index in [0.29, 0.717) is 12.2 Å². The van der Waals surface area contributed by atoms with E-state index in [1.54, 1.807) is 11.3 Å². The molecule has 2 rings (SSSR count). The molecule has 1 amide bonds. The Labute approximate surface area is 125 Å². The van der Waals surface area contributed by atoms with Crippen LogP contribution in [0.25, 0.3) is 0 Å². The van der Waals surface area contributed by atoms with Crippen molar-refractivity contribution in [2.45, 2.75) is 33.4 Å². The number of nitrogens with zero attached hydrogens (tertiary/aromatic N) is 1. The number of carbonyl (C=O) groups excluding carboxylic acids is 1. The zero-order chi connectivity index (χ0) is 13.8. The van der Waals surface area contributed by atoms with Crippen molar-refractivity contribution in [2.75, 3.05) is 0 Å². The van der Waals surface area contributed by atoms with E-state index < -0.39 is 0 Å². The van der Waals surface area contributed by atoms with Crippen molar-refractivity contribution in [1.82, 2.24) is 9.88 Å². The molecule has 0 spiro atoms. The van der Waals surface area contributed by atoms with E-state index in [-0.39, 0.29) is 5.91 Å². The Morgan fingerprint density at radius 2 is 2.32 bits per heavy atom. The molecule has 102 valence electrons. The van der Waals surface area contributed by atoms with Gasteiger partial charge in [0.1, 0.15) is 5.69 Å². The fourth-order valence-corrected chi connectivity index (χ4v) is 3.24. The lowest BCUT2D eigenvalue weighted by molar-refractivity contribution is 0.0942. The van der Waals surface area contributed by atoms with Crippen LogP contribution in [0.1, 0.15) is 34.3 Å². The Morgan fingerprint density at radius 1 is 1.53 bits per heavy atom. The van der Waals surface area contributed by atoms with Crippen molar-refractivity contribution in [1.29, 1.82) is 0 Å². The number of carbonyl (C=O) groups is 1. The van der Waals surface area contributed by atoms with Crippen molar-refractivity contribution < 1.29 is 4.79 Å². The third kappa shape index (κ3) is 3.48. The lowest BCUT2D eigenvalue weighted by Gasteiger charge is -2.08. The van der Waals surface area contributed by atoms with Crippen LogP contribution < -0.4 is 5.32 Å². The Kier molecular flexibility index (Phi) is 4.82. The van der Waals surface area contributed by atoms with Gasteiger partial charge >= 0.3 is 0 Å². The van der Waals surface area contributed by atoms with Crippen LogP contribution in [0.15, 0.2) is 28.2 Å². The maximum atomic E-state index is 12.2. The van der Waals surface area contributed by atoms with Crippen molar-refractivity contribution >= 4 is 33.2 Å². The van der Waals surface area contributed by atoms with Crippen LogP contribution in [0.4, 0.5) is 0 Å². The summed E-state index contributed by atoms with van der Waals surface area (Å²) in [4.78, 5) is 13.4. The van der Waals surface area contributed by atoms with E-state index >= 15 is 0 Å². The fraction of sp³-hybridized carbons (Fsp3) is 0.357. The number of halogens is 1. The van der Waals surface area contributed by atoms with Gasteiger partial charge in [0.15, 0.2) is 0 Å². The number of nitrogens with one attached hydrogen (secondary N) is 1. The second-order valence-corrected chi connectivity index (χ2v) is 6.36. The quantitative estimate of drug-likeness (QED) is 0.878. The SMILES string of the molecule is CCCn1cc(Br)cc1C(=O)NCc1sccc1C. The molecule has 0 fully saturated rings. The second kappa shape index (κ2) is 6.39. The third-order valence-electron chi connectivity index (χ3n) is 2.94. The zero-order valence-corrected chi connectivity index (χ0v) is 13.5. The van der Waals surface area contributed by atoms with Crippen molar-refractivity contribution in [3.05, 3.63) is 44.3 Å². The molecule has 0 saturated carbocycles. The lowest BCUT2D eigenvalue weighted by atomic mass is 10.3. The van der Waals surface area contributed by atoms with Crippen molar-refractivity contribution in [2.24, 2.45) is 0 Å². The van der Waals surface area contributed by atoms with Crippen molar-refractivity contribution in [3.63, 3.8) is 0 Å². The lowest BCUT2D eigenvalue weighted by Crippen LogP contribution is -2.25. The fourth-order valence-electron chi connectivity index (χ4n) is 1.93. The summed E-state index contributed by atoms with van der Waals surface area (Å²) in [6.07, 6.45) is 2.96. The van der Waals surface area contributed by atoms with Gasteiger partial charge in [-0.15, -0.1) is 11.3 Å². The van der Waals surface area contributed by atoms with E-state index in [4.69, 9.17) is 0 Å². The van der Waals surface area contributed by atoms with Crippen LogP contribution in [-0.2, 0) is 13.1 Å². The van der Waals surface area contributed by atoms with E-state index in [2.05, 4.69) is 41.2 Å². The molecule has 2 heterocycles. The van der Waals surface area contributed by atoms with E-state index in [1.165, 1.54) is 10.4 Å². The largest absolute Gasteiger partial charge is 0.346 e. The molecular weight excluding hydrogens is 324 g/mol. The number of rotatable bonds is 5. The Bertz CT molecular complexity index is 574. The minimum Gasteiger partial charge on any atom is -0.346 e. The molecule has 1 N–H and O–H groups in total. The second-order valence-electron chi connectivity index (χ2n) is 4.45. The zero-order valence-electron chi connectivity index (χ0n) is 11.1. The molecule has 2 aromatic rings. The van der Waals surface area contributed by atoms with Gasteiger partial charge in [-0.3, -0.25) is 4.79 Å². The summed E-state index contributed by atoms with van der Waals surface area (Å²) in [5.41, 5.74) is 1.94. The van der Waals surface area contributed by atoms with Gasteiger partial charge in [0.2, 0.25) is 0 Å². The maximum Gasteiger partial charge on any atom is 0.268 e. The summed E-state index contributed by atoms with van der Waals surface area (Å²) in [5.74, 6) is -0.0213. The van der Waals surface area contributed by atoms with Crippen LogP contribution in [0.2, 0.25) is 0 Å². The highest BCUT2D eigenvalue weighted by molar-refractivity contribution is 9.10. The Hall–Kier alpha value is -1.07. The molecule has 0 saturated heterocycles. The molecule has 5 heteroatoms. The molecule has 0 aliphatic rings. The Morgan fingerprint density at radius 3 is 2.95 bits per heavy atom. The first kappa shape index (κ1) is 14.3. The number of aromatic nitrogens is 1. The van der Waals surface area contributed by atoms with Gasteiger partial charge in [0.05, 0.1) is 6.54 Å². The first-order valence-electron chi connectivity index (χ1n) is 6.28. The highest BCUT2D eigenvalue weighted by Crippen LogP contribution is 2.17. The highest BCUT2D eigenvalue weighted by atomic mass is 79.9. The average molecular weight is 341 g/mol. The van der Waals surface area contributed by atoms with Crippen LogP contribution >= 0.6 is 27.3 Å². The predicted octanol–water partition coefficient (Wildman–Crippen LogP) is 3.96. The molecule has 0 atom stereocenters. The first-order valence-corrected chi connectivity index (χ1v) is 7.96. The number of amides is 1. The first-order chi connectivity index (χ1) is 9.11. The van der Waals surface area contributed by atoms with Crippen LogP contribution in [0, 0.1) is 6.92 Å². The Balaban J connectivity index is 2.05. The molecule has 0 radical (unpaired) electrons. The van der Waals surface area contributed by atoms with E-state index in [1.807, 2.05) is 22.2 Å². The summed E-state index contributed by atoms with van der Waals surface area (Å²) in [6, 6.07) is 3.94.